The molecule has 1 aromatic carbocycles. The average molecular weight is 265 g/mol. The molecule has 0 radical (unpaired) electrons. The summed E-state index contributed by atoms with van der Waals surface area (Å²) < 4.78 is 11.4. The predicted molar refractivity (Wildman–Crippen MR) is 80.0 cm³/mol. The Hall–Kier alpha value is -1.22. The Labute approximate surface area is 117 Å². The van der Waals surface area contributed by atoms with Crippen LogP contribution in [0.15, 0.2) is 24.3 Å². The first-order valence-electron chi connectivity index (χ1n) is 7.24. The number of nitrogens with one attached hydrogen (secondary N) is 1. The third-order valence-electron chi connectivity index (χ3n) is 3.58. The fraction of sp³-hybridized carbons (Fsp3) is 0.625. The highest BCUT2D eigenvalue weighted by atomic mass is 16.5. The van der Waals surface area contributed by atoms with Crippen molar-refractivity contribution in [2.75, 3.05) is 20.3 Å². The Kier molecular flexibility index (Phi) is 7.34. The molecule has 1 N–H and O–H groups in total. The van der Waals surface area contributed by atoms with Crippen molar-refractivity contribution < 1.29 is 9.47 Å². The van der Waals surface area contributed by atoms with Crippen molar-refractivity contribution in [3.05, 3.63) is 24.3 Å². The third kappa shape index (κ3) is 5.11. The summed E-state index contributed by atoms with van der Waals surface area (Å²) in [7, 11) is 2.01. The molecule has 0 heterocycles. The second kappa shape index (κ2) is 8.81. The van der Waals surface area contributed by atoms with Gasteiger partial charge in [-0.05, 0) is 45.4 Å². The van der Waals surface area contributed by atoms with Gasteiger partial charge in [0.15, 0.2) is 11.5 Å². The SMILES string of the molecule is CCOc1ccccc1OCCC(CC)C(C)NC. The Morgan fingerprint density at radius 1 is 1.11 bits per heavy atom. The molecule has 3 nitrogen and oxygen atoms in total. The normalized spacial score (nSPS) is 13.9. The molecule has 19 heavy (non-hydrogen) atoms. The Balaban J connectivity index is 2.48. The standard InChI is InChI=1S/C16H27NO2/c1-5-14(13(3)17-4)11-12-19-16-10-8-7-9-15(16)18-6-2/h7-10,13-14,17H,5-6,11-12H2,1-4H3. The second-order valence-electron chi connectivity index (χ2n) is 4.76. The van der Waals surface area contributed by atoms with Gasteiger partial charge >= 0.3 is 0 Å². The summed E-state index contributed by atoms with van der Waals surface area (Å²) in [6, 6.07) is 8.39. The summed E-state index contributed by atoms with van der Waals surface area (Å²) in [5.74, 6) is 2.32. The second-order valence-corrected chi connectivity index (χ2v) is 4.76. The molecular weight excluding hydrogens is 238 g/mol. The molecule has 2 unspecified atom stereocenters. The van der Waals surface area contributed by atoms with Crippen LogP contribution in [0.2, 0.25) is 0 Å². The van der Waals surface area contributed by atoms with Crippen LogP contribution in [-0.4, -0.2) is 26.3 Å². The van der Waals surface area contributed by atoms with Crippen molar-refractivity contribution in [2.24, 2.45) is 5.92 Å². The number of para-hydroxylation sites is 2. The number of hydrogen-bond acceptors (Lipinski definition) is 3. The van der Waals surface area contributed by atoms with E-state index in [9.17, 15) is 0 Å². The van der Waals surface area contributed by atoms with Gasteiger partial charge in [0.2, 0.25) is 0 Å². The molecule has 0 saturated carbocycles. The Bertz CT molecular complexity index is 354. The van der Waals surface area contributed by atoms with Crippen molar-refractivity contribution in [3.8, 4) is 11.5 Å². The fourth-order valence-electron chi connectivity index (χ4n) is 2.21. The van der Waals surface area contributed by atoms with Crippen LogP contribution in [-0.2, 0) is 0 Å². The molecule has 1 aromatic rings. The molecule has 1 rings (SSSR count). The number of rotatable bonds is 9. The highest BCUT2D eigenvalue weighted by Gasteiger charge is 2.14. The summed E-state index contributed by atoms with van der Waals surface area (Å²) in [4.78, 5) is 0. The molecule has 0 bridgehead atoms. The minimum absolute atomic E-state index is 0.524. The van der Waals surface area contributed by atoms with E-state index in [1.54, 1.807) is 0 Å². The van der Waals surface area contributed by atoms with Gasteiger partial charge in [-0.2, -0.15) is 0 Å². The van der Waals surface area contributed by atoms with Gasteiger partial charge in [-0.15, -0.1) is 0 Å². The van der Waals surface area contributed by atoms with E-state index in [4.69, 9.17) is 9.47 Å². The quantitative estimate of drug-likeness (QED) is 0.741. The predicted octanol–water partition coefficient (Wildman–Crippen LogP) is 3.49. The molecule has 0 aliphatic heterocycles. The fourth-order valence-corrected chi connectivity index (χ4v) is 2.21. The lowest BCUT2D eigenvalue weighted by Gasteiger charge is -2.22. The molecule has 3 heteroatoms. The highest BCUT2D eigenvalue weighted by Crippen LogP contribution is 2.27. The summed E-state index contributed by atoms with van der Waals surface area (Å²) >= 11 is 0. The zero-order chi connectivity index (χ0) is 14.1. The van der Waals surface area contributed by atoms with E-state index in [2.05, 4.69) is 19.2 Å². The van der Waals surface area contributed by atoms with Gasteiger partial charge in [0, 0.05) is 6.04 Å². The van der Waals surface area contributed by atoms with Crippen molar-refractivity contribution in [2.45, 2.75) is 39.7 Å². The summed E-state index contributed by atoms with van der Waals surface area (Å²) in [5, 5.41) is 3.32. The van der Waals surface area contributed by atoms with E-state index >= 15 is 0 Å². The third-order valence-corrected chi connectivity index (χ3v) is 3.58. The topological polar surface area (TPSA) is 30.5 Å². The maximum atomic E-state index is 5.86. The molecule has 0 spiro atoms. The molecule has 2 atom stereocenters. The maximum Gasteiger partial charge on any atom is 0.161 e. The number of ether oxygens (including phenoxy) is 2. The van der Waals surface area contributed by atoms with Gasteiger partial charge in [-0.3, -0.25) is 0 Å². The number of benzene rings is 1. The van der Waals surface area contributed by atoms with Crippen LogP contribution in [0.5, 0.6) is 11.5 Å². The minimum Gasteiger partial charge on any atom is -0.490 e. The molecule has 0 saturated heterocycles. The molecule has 0 amide bonds. The van der Waals surface area contributed by atoms with Crippen molar-refractivity contribution in [1.82, 2.24) is 5.32 Å². The summed E-state index contributed by atoms with van der Waals surface area (Å²) in [6.07, 6.45) is 2.22. The van der Waals surface area contributed by atoms with Crippen LogP contribution in [0.1, 0.15) is 33.6 Å². The zero-order valence-corrected chi connectivity index (χ0v) is 12.6. The van der Waals surface area contributed by atoms with E-state index in [1.165, 1.54) is 6.42 Å². The molecule has 108 valence electrons. The Morgan fingerprint density at radius 2 is 1.74 bits per heavy atom. The van der Waals surface area contributed by atoms with Crippen molar-refractivity contribution in [1.29, 1.82) is 0 Å². The summed E-state index contributed by atoms with van der Waals surface area (Å²) in [6.45, 7) is 7.83. The van der Waals surface area contributed by atoms with Gasteiger partial charge in [0.05, 0.1) is 13.2 Å². The lowest BCUT2D eigenvalue weighted by molar-refractivity contribution is 0.237. The Morgan fingerprint density at radius 3 is 2.26 bits per heavy atom. The van der Waals surface area contributed by atoms with Crippen molar-refractivity contribution in [3.63, 3.8) is 0 Å². The van der Waals surface area contributed by atoms with E-state index in [0.717, 1.165) is 24.5 Å². The van der Waals surface area contributed by atoms with Crippen LogP contribution in [0, 0.1) is 5.92 Å². The largest absolute Gasteiger partial charge is 0.490 e. The van der Waals surface area contributed by atoms with Crippen molar-refractivity contribution >= 4 is 0 Å². The van der Waals surface area contributed by atoms with Gasteiger partial charge in [0.25, 0.3) is 0 Å². The molecule has 0 fully saturated rings. The zero-order valence-electron chi connectivity index (χ0n) is 12.6. The van der Waals surface area contributed by atoms with Gasteiger partial charge in [-0.1, -0.05) is 25.5 Å². The van der Waals surface area contributed by atoms with Gasteiger partial charge in [0.1, 0.15) is 0 Å². The van der Waals surface area contributed by atoms with E-state index in [1.807, 2.05) is 38.2 Å². The first-order chi connectivity index (χ1) is 9.22. The molecule has 0 aromatic heterocycles. The molecule has 0 aliphatic rings. The van der Waals surface area contributed by atoms with E-state index in [0.29, 0.717) is 18.6 Å². The average Bonchev–Trinajstić information content (AvgIpc) is 2.45. The summed E-state index contributed by atoms with van der Waals surface area (Å²) in [5.41, 5.74) is 0. The van der Waals surface area contributed by atoms with E-state index < -0.39 is 0 Å². The van der Waals surface area contributed by atoms with Crippen LogP contribution >= 0.6 is 0 Å². The maximum absolute atomic E-state index is 5.86. The number of hydrogen-bond donors (Lipinski definition) is 1. The first kappa shape index (κ1) is 15.8. The first-order valence-corrected chi connectivity index (χ1v) is 7.24. The van der Waals surface area contributed by atoms with Crippen LogP contribution in [0.25, 0.3) is 0 Å². The van der Waals surface area contributed by atoms with E-state index in [-0.39, 0.29) is 0 Å². The van der Waals surface area contributed by atoms with Gasteiger partial charge < -0.3 is 14.8 Å². The monoisotopic (exact) mass is 265 g/mol. The molecule has 0 aliphatic carbocycles. The lowest BCUT2D eigenvalue weighted by atomic mass is 9.95. The molecular formula is C16H27NO2. The lowest BCUT2D eigenvalue weighted by Crippen LogP contribution is -2.31. The van der Waals surface area contributed by atoms with Crippen LogP contribution in [0.3, 0.4) is 0 Å². The van der Waals surface area contributed by atoms with Crippen LogP contribution in [0.4, 0.5) is 0 Å². The highest BCUT2D eigenvalue weighted by molar-refractivity contribution is 5.39. The minimum atomic E-state index is 0.524. The smallest absolute Gasteiger partial charge is 0.161 e. The van der Waals surface area contributed by atoms with Gasteiger partial charge in [-0.25, -0.2) is 0 Å². The van der Waals surface area contributed by atoms with Crippen LogP contribution < -0.4 is 14.8 Å².